The van der Waals surface area contributed by atoms with Crippen LogP contribution in [0.25, 0.3) is 0 Å². The van der Waals surface area contributed by atoms with Crippen LogP contribution in [0.3, 0.4) is 0 Å². The van der Waals surface area contributed by atoms with Gasteiger partial charge < -0.3 is 5.11 Å². The number of aromatic hydroxyl groups is 1. The van der Waals surface area contributed by atoms with E-state index in [1.54, 1.807) is 18.2 Å². The summed E-state index contributed by atoms with van der Waals surface area (Å²) in [5.41, 5.74) is 0.453. The summed E-state index contributed by atoms with van der Waals surface area (Å²) >= 11 is 0. The number of hydrogen-bond acceptors (Lipinski definition) is 2. The maximum atomic E-state index is 13.5. The van der Waals surface area contributed by atoms with Crippen LogP contribution in [0, 0.1) is 17.5 Å². The Kier molecular flexibility index (Phi) is 4.31. The number of rotatable bonds is 3. The molecule has 0 radical (unpaired) electrons. The van der Waals surface area contributed by atoms with E-state index >= 15 is 0 Å². The maximum absolute atomic E-state index is 13.5. The number of nitrogens with zero attached hydrogens (tertiary/aromatic N) is 1. The van der Waals surface area contributed by atoms with Gasteiger partial charge in [0, 0.05) is 23.9 Å². The number of hydrogen-bond donors (Lipinski definition) is 1. The minimum absolute atomic E-state index is 0.0131. The summed E-state index contributed by atoms with van der Waals surface area (Å²) in [6, 6.07) is 6.16. The van der Waals surface area contributed by atoms with Crippen LogP contribution in [-0.2, 0) is 0 Å². The van der Waals surface area contributed by atoms with Crippen LogP contribution in [0.1, 0.15) is 30.9 Å². The van der Waals surface area contributed by atoms with Gasteiger partial charge in [0.05, 0.1) is 0 Å². The molecule has 0 amide bonds. The van der Waals surface area contributed by atoms with Gasteiger partial charge in [-0.3, -0.25) is 0 Å². The Morgan fingerprint density at radius 2 is 1.71 bits per heavy atom. The number of phenolic OH excluding ortho intramolecular Hbond substituents is 1. The standard InChI is InChI=1S/C16H14F3NO/c1-9(2)12-5-3-4-10(16(12)21)8-20-15-13(18)6-11(17)7-14(15)19/h3-9,21H,1-2H3. The molecule has 0 spiro atoms. The molecule has 2 nitrogen and oxygen atoms in total. The van der Waals surface area contributed by atoms with Crippen molar-refractivity contribution in [1.29, 1.82) is 0 Å². The van der Waals surface area contributed by atoms with E-state index in [2.05, 4.69) is 4.99 Å². The van der Waals surface area contributed by atoms with E-state index in [9.17, 15) is 18.3 Å². The quantitative estimate of drug-likeness (QED) is 0.819. The molecule has 0 atom stereocenters. The van der Waals surface area contributed by atoms with Gasteiger partial charge in [-0.25, -0.2) is 18.2 Å². The van der Waals surface area contributed by atoms with Gasteiger partial charge >= 0.3 is 0 Å². The second-order valence-electron chi connectivity index (χ2n) is 4.92. The van der Waals surface area contributed by atoms with Crippen LogP contribution >= 0.6 is 0 Å². The first-order chi connectivity index (χ1) is 9.90. The summed E-state index contributed by atoms with van der Waals surface area (Å²) in [5, 5.41) is 10.1. The van der Waals surface area contributed by atoms with E-state index in [1.165, 1.54) is 0 Å². The van der Waals surface area contributed by atoms with Gasteiger partial charge in [0.2, 0.25) is 0 Å². The molecule has 110 valence electrons. The van der Waals surface area contributed by atoms with Gasteiger partial charge in [-0.15, -0.1) is 0 Å². The molecule has 2 rings (SSSR count). The molecule has 1 N–H and O–H groups in total. The Balaban J connectivity index is 2.41. The van der Waals surface area contributed by atoms with Gasteiger partial charge in [-0.2, -0.15) is 0 Å². The van der Waals surface area contributed by atoms with Crippen molar-refractivity contribution in [2.24, 2.45) is 4.99 Å². The summed E-state index contributed by atoms with van der Waals surface area (Å²) in [4.78, 5) is 3.68. The van der Waals surface area contributed by atoms with Crippen molar-refractivity contribution < 1.29 is 18.3 Å². The molecule has 2 aromatic carbocycles. The fourth-order valence-electron chi connectivity index (χ4n) is 1.94. The summed E-state index contributed by atoms with van der Waals surface area (Å²) in [5.74, 6) is -3.09. The van der Waals surface area contributed by atoms with Gasteiger partial charge in [-0.1, -0.05) is 26.0 Å². The molecule has 0 saturated heterocycles. The molecule has 0 aliphatic carbocycles. The predicted octanol–water partition coefficient (Wildman–Crippen LogP) is 4.68. The fourth-order valence-corrected chi connectivity index (χ4v) is 1.94. The van der Waals surface area contributed by atoms with Crippen molar-refractivity contribution in [2.45, 2.75) is 19.8 Å². The Labute approximate surface area is 120 Å². The van der Waals surface area contributed by atoms with Gasteiger partial charge in [0.25, 0.3) is 0 Å². The second kappa shape index (κ2) is 5.99. The first-order valence-corrected chi connectivity index (χ1v) is 6.40. The highest BCUT2D eigenvalue weighted by Crippen LogP contribution is 2.29. The zero-order chi connectivity index (χ0) is 15.6. The van der Waals surface area contributed by atoms with Crippen molar-refractivity contribution in [2.75, 3.05) is 0 Å². The lowest BCUT2D eigenvalue weighted by molar-refractivity contribution is 0.464. The first-order valence-electron chi connectivity index (χ1n) is 6.40. The van der Waals surface area contributed by atoms with Crippen molar-refractivity contribution in [3.05, 3.63) is 58.9 Å². The third-order valence-corrected chi connectivity index (χ3v) is 3.03. The van der Waals surface area contributed by atoms with Crippen LogP contribution in [0.4, 0.5) is 18.9 Å². The lowest BCUT2D eigenvalue weighted by Gasteiger charge is -2.09. The van der Waals surface area contributed by atoms with Gasteiger partial charge in [-0.05, 0) is 17.5 Å². The van der Waals surface area contributed by atoms with E-state index in [4.69, 9.17) is 0 Å². The molecule has 0 fully saturated rings. The van der Waals surface area contributed by atoms with Crippen LogP contribution < -0.4 is 0 Å². The molecular weight excluding hydrogens is 279 g/mol. The van der Waals surface area contributed by atoms with E-state index < -0.39 is 23.1 Å². The topological polar surface area (TPSA) is 32.6 Å². The zero-order valence-electron chi connectivity index (χ0n) is 11.6. The SMILES string of the molecule is CC(C)c1cccc(C=Nc2c(F)cc(F)cc2F)c1O. The monoisotopic (exact) mass is 293 g/mol. The zero-order valence-corrected chi connectivity index (χ0v) is 11.6. The average Bonchev–Trinajstić information content (AvgIpc) is 2.38. The van der Waals surface area contributed by atoms with Crippen LogP contribution in [0.2, 0.25) is 0 Å². The molecule has 0 aliphatic heterocycles. The molecule has 0 heterocycles. The van der Waals surface area contributed by atoms with Crippen LogP contribution in [-0.4, -0.2) is 11.3 Å². The second-order valence-corrected chi connectivity index (χ2v) is 4.92. The molecule has 0 unspecified atom stereocenters. The Bertz CT molecular complexity index is 673. The number of aliphatic imine (C=N–C) groups is 1. The summed E-state index contributed by atoms with van der Waals surface area (Å²) in [6.07, 6.45) is 1.15. The molecule has 21 heavy (non-hydrogen) atoms. The minimum Gasteiger partial charge on any atom is -0.507 e. The number of benzene rings is 2. The largest absolute Gasteiger partial charge is 0.507 e. The minimum atomic E-state index is -1.09. The smallest absolute Gasteiger partial charge is 0.154 e. The van der Waals surface area contributed by atoms with Crippen molar-refractivity contribution in [3.8, 4) is 5.75 Å². The number of phenols is 1. The summed E-state index contributed by atoms with van der Waals surface area (Å²) < 4.78 is 39.7. The van der Waals surface area contributed by atoms with Gasteiger partial charge in [0.15, 0.2) is 11.6 Å². The van der Waals surface area contributed by atoms with E-state index in [0.29, 0.717) is 23.3 Å². The van der Waals surface area contributed by atoms with E-state index in [0.717, 1.165) is 6.21 Å². The molecule has 2 aromatic rings. The lowest BCUT2D eigenvalue weighted by atomic mass is 9.99. The molecule has 0 aliphatic rings. The molecule has 0 bridgehead atoms. The molecule has 0 aromatic heterocycles. The number of para-hydroxylation sites is 1. The Hall–Kier alpha value is -2.30. The molecule has 0 saturated carbocycles. The number of halogens is 3. The normalized spacial score (nSPS) is 11.5. The lowest BCUT2D eigenvalue weighted by Crippen LogP contribution is -1.93. The highest BCUT2D eigenvalue weighted by molar-refractivity contribution is 5.86. The Morgan fingerprint density at radius 3 is 2.29 bits per heavy atom. The summed E-state index contributed by atoms with van der Waals surface area (Å²) in [6.45, 7) is 3.82. The van der Waals surface area contributed by atoms with Crippen molar-refractivity contribution in [3.63, 3.8) is 0 Å². The predicted molar refractivity (Wildman–Crippen MR) is 75.8 cm³/mol. The average molecular weight is 293 g/mol. The van der Waals surface area contributed by atoms with Gasteiger partial charge in [0.1, 0.15) is 17.3 Å². The van der Waals surface area contributed by atoms with E-state index in [1.807, 2.05) is 13.8 Å². The van der Waals surface area contributed by atoms with Crippen molar-refractivity contribution in [1.82, 2.24) is 0 Å². The van der Waals surface area contributed by atoms with Crippen LogP contribution in [0.5, 0.6) is 5.75 Å². The van der Waals surface area contributed by atoms with Crippen LogP contribution in [0.15, 0.2) is 35.3 Å². The maximum Gasteiger partial charge on any atom is 0.154 e. The summed E-state index contributed by atoms with van der Waals surface area (Å²) in [7, 11) is 0. The molecule has 5 heteroatoms. The Morgan fingerprint density at radius 1 is 1.10 bits per heavy atom. The van der Waals surface area contributed by atoms with Crippen molar-refractivity contribution >= 4 is 11.9 Å². The third kappa shape index (κ3) is 3.24. The third-order valence-electron chi connectivity index (χ3n) is 3.03. The first kappa shape index (κ1) is 15.1. The van der Waals surface area contributed by atoms with E-state index in [-0.39, 0.29) is 11.7 Å². The molecular formula is C16H14F3NO. The highest BCUT2D eigenvalue weighted by Gasteiger charge is 2.11. The highest BCUT2D eigenvalue weighted by atomic mass is 19.1. The fraction of sp³-hybridized carbons (Fsp3) is 0.188.